The topological polar surface area (TPSA) is 72.2 Å². The van der Waals surface area contributed by atoms with Crippen LogP contribution >= 0.6 is 11.6 Å². The minimum atomic E-state index is -0.976. The van der Waals surface area contributed by atoms with Crippen molar-refractivity contribution in [1.82, 2.24) is 5.32 Å². The minimum absolute atomic E-state index is 0.123. The van der Waals surface area contributed by atoms with Crippen LogP contribution in [0.2, 0.25) is 5.02 Å². The lowest BCUT2D eigenvalue weighted by molar-refractivity contribution is -0.127. The Balaban J connectivity index is 2.06. The first-order valence-electron chi connectivity index (χ1n) is 7.12. The van der Waals surface area contributed by atoms with E-state index in [0.29, 0.717) is 16.7 Å². The highest BCUT2D eigenvalue weighted by Gasteiger charge is 2.20. The third kappa shape index (κ3) is 5.03. The van der Waals surface area contributed by atoms with E-state index in [1.54, 1.807) is 24.3 Å². The Morgan fingerprint density at radius 1 is 1.12 bits per heavy atom. The second-order valence-electron chi connectivity index (χ2n) is 5.27. The molecule has 0 aliphatic heterocycles. The standard InChI is InChI=1S/C17H15ClF2N2O2/c18-14-4-2-1-3-11(14)8-15(17(21)24)22-16(23)7-10-5-12(19)9-13(20)6-10/h1-6,9,15H,7-8H2,(H2,21,24)(H,22,23)/t15-/m1/s1. The number of primary amides is 1. The summed E-state index contributed by atoms with van der Waals surface area (Å²) >= 11 is 6.03. The van der Waals surface area contributed by atoms with E-state index in [4.69, 9.17) is 17.3 Å². The number of carbonyl (C=O) groups is 2. The van der Waals surface area contributed by atoms with Crippen LogP contribution < -0.4 is 11.1 Å². The zero-order chi connectivity index (χ0) is 17.7. The number of benzene rings is 2. The molecular weight excluding hydrogens is 338 g/mol. The average Bonchev–Trinajstić information content (AvgIpc) is 2.47. The Morgan fingerprint density at radius 2 is 1.75 bits per heavy atom. The Hall–Kier alpha value is -2.47. The first kappa shape index (κ1) is 17.9. The number of carbonyl (C=O) groups excluding carboxylic acids is 2. The monoisotopic (exact) mass is 352 g/mol. The molecule has 0 aliphatic rings. The van der Waals surface area contributed by atoms with Crippen molar-refractivity contribution in [2.45, 2.75) is 18.9 Å². The highest BCUT2D eigenvalue weighted by Crippen LogP contribution is 2.17. The molecule has 0 heterocycles. The van der Waals surface area contributed by atoms with Gasteiger partial charge in [0.15, 0.2) is 0 Å². The van der Waals surface area contributed by atoms with E-state index < -0.39 is 29.5 Å². The van der Waals surface area contributed by atoms with E-state index in [1.807, 2.05) is 0 Å². The molecule has 126 valence electrons. The smallest absolute Gasteiger partial charge is 0.240 e. The number of rotatable bonds is 6. The van der Waals surface area contributed by atoms with E-state index in [1.165, 1.54) is 0 Å². The van der Waals surface area contributed by atoms with Crippen molar-refractivity contribution in [3.05, 3.63) is 70.2 Å². The number of hydrogen-bond acceptors (Lipinski definition) is 2. The van der Waals surface area contributed by atoms with Crippen LogP contribution in [0.5, 0.6) is 0 Å². The van der Waals surface area contributed by atoms with Gasteiger partial charge < -0.3 is 11.1 Å². The second-order valence-corrected chi connectivity index (χ2v) is 5.68. The normalized spacial score (nSPS) is 11.8. The second kappa shape index (κ2) is 7.88. The Kier molecular flexibility index (Phi) is 5.87. The highest BCUT2D eigenvalue weighted by atomic mass is 35.5. The maximum Gasteiger partial charge on any atom is 0.240 e. The van der Waals surface area contributed by atoms with Gasteiger partial charge in [0.2, 0.25) is 11.8 Å². The summed E-state index contributed by atoms with van der Waals surface area (Å²) in [5, 5.41) is 2.91. The first-order valence-corrected chi connectivity index (χ1v) is 7.50. The molecule has 2 aromatic carbocycles. The van der Waals surface area contributed by atoms with Crippen LogP contribution in [-0.2, 0) is 22.4 Å². The third-order valence-electron chi connectivity index (χ3n) is 3.35. The van der Waals surface area contributed by atoms with Crippen molar-refractivity contribution < 1.29 is 18.4 Å². The van der Waals surface area contributed by atoms with Crippen LogP contribution in [-0.4, -0.2) is 17.9 Å². The SMILES string of the molecule is NC(=O)[C@@H](Cc1ccccc1Cl)NC(=O)Cc1cc(F)cc(F)c1. The van der Waals surface area contributed by atoms with E-state index >= 15 is 0 Å². The van der Waals surface area contributed by atoms with Crippen molar-refractivity contribution in [2.24, 2.45) is 5.73 Å². The van der Waals surface area contributed by atoms with Gasteiger partial charge in [-0.1, -0.05) is 29.8 Å². The van der Waals surface area contributed by atoms with Gasteiger partial charge in [-0.05, 0) is 29.3 Å². The molecule has 0 aromatic heterocycles. The summed E-state index contributed by atoms with van der Waals surface area (Å²) in [6.07, 6.45) is -0.154. The quantitative estimate of drug-likeness (QED) is 0.837. The number of amides is 2. The Morgan fingerprint density at radius 3 is 2.33 bits per heavy atom. The maximum absolute atomic E-state index is 13.1. The summed E-state index contributed by atoms with van der Waals surface area (Å²) in [7, 11) is 0. The fourth-order valence-corrected chi connectivity index (χ4v) is 2.46. The molecule has 0 spiro atoms. The van der Waals surface area contributed by atoms with E-state index in [9.17, 15) is 18.4 Å². The molecule has 7 heteroatoms. The summed E-state index contributed by atoms with van der Waals surface area (Å²) < 4.78 is 26.3. The fourth-order valence-electron chi connectivity index (χ4n) is 2.25. The van der Waals surface area contributed by atoms with Gasteiger partial charge in [0.25, 0.3) is 0 Å². The van der Waals surface area contributed by atoms with Gasteiger partial charge in [0, 0.05) is 17.5 Å². The highest BCUT2D eigenvalue weighted by molar-refractivity contribution is 6.31. The van der Waals surface area contributed by atoms with E-state index in [-0.39, 0.29) is 18.4 Å². The summed E-state index contributed by atoms with van der Waals surface area (Å²) in [5.41, 5.74) is 6.12. The lowest BCUT2D eigenvalue weighted by Crippen LogP contribution is -2.46. The Bertz CT molecular complexity index is 748. The van der Waals surface area contributed by atoms with Crippen LogP contribution in [0.4, 0.5) is 8.78 Å². The molecule has 3 N–H and O–H groups in total. The predicted molar refractivity (Wildman–Crippen MR) is 86.3 cm³/mol. The molecule has 0 fully saturated rings. The van der Waals surface area contributed by atoms with Crippen LogP contribution in [0.25, 0.3) is 0 Å². The van der Waals surface area contributed by atoms with Crippen molar-refractivity contribution in [1.29, 1.82) is 0 Å². The van der Waals surface area contributed by atoms with Gasteiger partial charge in [0.05, 0.1) is 6.42 Å². The summed E-state index contributed by atoms with van der Waals surface area (Å²) in [6.45, 7) is 0. The number of nitrogens with two attached hydrogens (primary N) is 1. The lowest BCUT2D eigenvalue weighted by atomic mass is 10.0. The lowest BCUT2D eigenvalue weighted by Gasteiger charge is -2.16. The zero-order valence-corrected chi connectivity index (χ0v) is 13.3. The summed E-state index contributed by atoms with van der Waals surface area (Å²) in [6, 6.07) is 8.70. The fraction of sp³-hybridized carbons (Fsp3) is 0.176. The Labute approximate surface area is 142 Å². The predicted octanol–water partition coefficient (Wildman–Crippen LogP) is 2.37. The van der Waals surface area contributed by atoms with E-state index in [2.05, 4.69) is 5.32 Å². The molecule has 0 radical (unpaired) electrons. The molecule has 24 heavy (non-hydrogen) atoms. The molecule has 2 amide bonds. The molecule has 0 unspecified atom stereocenters. The first-order chi connectivity index (χ1) is 11.3. The van der Waals surface area contributed by atoms with E-state index in [0.717, 1.165) is 12.1 Å². The van der Waals surface area contributed by atoms with Crippen LogP contribution in [0.1, 0.15) is 11.1 Å². The molecule has 2 rings (SSSR count). The number of nitrogens with one attached hydrogen (secondary N) is 1. The molecule has 0 saturated carbocycles. The van der Waals surface area contributed by atoms with Crippen LogP contribution in [0.3, 0.4) is 0 Å². The zero-order valence-electron chi connectivity index (χ0n) is 12.6. The molecular formula is C17H15ClF2N2O2. The van der Waals surface area contributed by atoms with Gasteiger partial charge >= 0.3 is 0 Å². The number of hydrogen-bond donors (Lipinski definition) is 2. The summed E-state index contributed by atoms with van der Waals surface area (Å²) in [4.78, 5) is 23.6. The maximum atomic E-state index is 13.1. The molecule has 0 aliphatic carbocycles. The van der Waals surface area contributed by atoms with Crippen LogP contribution in [0.15, 0.2) is 42.5 Å². The van der Waals surface area contributed by atoms with Gasteiger partial charge in [0.1, 0.15) is 17.7 Å². The largest absolute Gasteiger partial charge is 0.368 e. The van der Waals surface area contributed by atoms with Crippen LogP contribution in [0, 0.1) is 11.6 Å². The minimum Gasteiger partial charge on any atom is -0.368 e. The molecule has 1 atom stereocenters. The van der Waals surface area contributed by atoms with Crippen molar-refractivity contribution in [2.75, 3.05) is 0 Å². The van der Waals surface area contributed by atoms with Crippen molar-refractivity contribution >= 4 is 23.4 Å². The van der Waals surface area contributed by atoms with Gasteiger partial charge in [-0.3, -0.25) is 9.59 Å². The molecule has 4 nitrogen and oxygen atoms in total. The van der Waals surface area contributed by atoms with Gasteiger partial charge in [-0.2, -0.15) is 0 Å². The number of halogens is 3. The molecule has 0 saturated heterocycles. The summed E-state index contributed by atoms with van der Waals surface area (Å²) in [5.74, 6) is -2.86. The van der Waals surface area contributed by atoms with Crippen molar-refractivity contribution in [3.63, 3.8) is 0 Å². The van der Waals surface area contributed by atoms with Gasteiger partial charge in [-0.25, -0.2) is 8.78 Å². The third-order valence-corrected chi connectivity index (χ3v) is 3.72. The van der Waals surface area contributed by atoms with Gasteiger partial charge in [-0.15, -0.1) is 0 Å². The van der Waals surface area contributed by atoms with Crippen molar-refractivity contribution in [3.8, 4) is 0 Å². The molecule has 0 bridgehead atoms. The average molecular weight is 353 g/mol. The molecule has 2 aromatic rings.